The zero-order valence-electron chi connectivity index (χ0n) is 24.7. The number of fused-ring (bicyclic) bond motifs is 1. The molecule has 0 spiro atoms. The van der Waals surface area contributed by atoms with Gasteiger partial charge in [0.2, 0.25) is 0 Å². The van der Waals surface area contributed by atoms with Gasteiger partial charge in [-0.05, 0) is 78.3 Å². The van der Waals surface area contributed by atoms with Crippen molar-refractivity contribution in [3.63, 3.8) is 0 Å². The number of hydrogen-bond donors (Lipinski definition) is 1. The Hall–Kier alpha value is -3.07. The molecule has 0 radical (unpaired) electrons. The van der Waals surface area contributed by atoms with Crippen LogP contribution in [0.25, 0.3) is 22.0 Å². The first-order chi connectivity index (χ1) is 18.9. The van der Waals surface area contributed by atoms with Gasteiger partial charge in [-0.2, -0.15) is 0 Å². The van der Waals surface area contributed by atoms with Crippen LogP contribution in [0.15, 0.2) is 83.9 Å². The smallest absolute Gasteiger partial charge is 0.175 e. The molecule has 0 bridgehead atoms. The van der Waals surface area contributed by atoms with E-state index < -0.39 is 35.9 Å². The van der Waals surface area contributed by atoms with E-state index in [-0.39, 0.29) is 10.8 Å². The summed E-state index contributed by atoms with van der Waals surface area (Å²) in [5, 5.41) is 12.3. The molecule has 0 aliphatic carbocycles. The fourth-order valence-corrected chi connectivity index (χ4v) is 6.25. The minimum atomic E-state index is -3.40. The molecule has 6 nitrogen and oxygen atoms in total. The predicted molar refractivity (Wildman–Crippen MR) is 167 cm³/mol. The minimum absolute atomic E-state index is 0.239. The maximum Gasteiger partial charge on any atom is 0.175 e. The van der Waals surface area contributed by atoms with Crippen LogP contribution in [0, 0.1) is 5.41 Å². The molecular weight excluding hydrogens is 554 g/mol. The van der Waals surface area contributed by atoms with Crippen molar-refractivity contribution in [3.05, 3.63) is 95.7 Å². The molecule has 0 saturated heterocycles. The lowest BCUT2D eigenvalue weighted by molar-refractivity contribution is 0.0384. The molecule has 1 N–H and O–H groups in total. The largest absolute Gasteiger partial charge is 0.392 e. The van der Waals surface area contributed by atoms with E-state index >= 15 is 0 Å². The summed E-state index contributed by atoms with van der Waals surface area (Å²) in [6.07, 6.45) is 3.98. The first-order valence-electron chi connectivity index (χ1n) is 13.6. The van der Waals surface area contributed by atoms with Crippen LogP contribution in [0.3, 0.4) is 0 Å². The van der Waals surface area contributed by atoms with Gasteiger partial charge in [0.25, 0.3) is 0 Å². The van der Waals surface area contributed by atoms with Crippen molar-refractivity contribution in [2.75, 3.05) is 12.5 Å². The van der Waals surface area contributed by atoms with Crippen molar-refractivity contribution in [1.29, 1.82) is 0 Å². The monoisotopic (exact) mass is 593 g/mol. The number of pyridine rings is 1. The molecule has 1 aromatic heterocycles. The van der Waals surface area contributed by atoms with Crippen molar-refractivity contribution < 1.29 is 21.9 Å². The summed E-state index contributed by atoms with van der Waals surface area (Å²) in [5.41, 5.74) is 4.63. The number of aliphatic hydroxyl groups excluding tert-OH is 1. The summed E-state index contributed by atoms with van der Waals surface area (Å²) in [6, 6.07) is 22.4. The SMILES string of the molecule is CC(C)(C)C(O)C(Cc1cccc(-c2cc(C(C)(C)S(C)(=O)=O)cc3cccnc23)c1)c1ccc(S(C)(=O)=O)cc1. The average Bonchev–Trinajstić information content (AvgIpc) is 2.89. The molecule has 3 aromatic carbocycles. The van der Waals surface area contributed by atoms with E-state index in [1.807, 2.05) is 63.2 Å². The van der Waals surface area contributed by atoms with Gasteiger partial charge in [-0.15, -0.1) is 0 Å². The van der Waals surface area contributed by atoms with Crippen LogP contribution in [0.4, 0.5) is 0 Å². The Morgan fingerprint density at radius 2 is 1.49 bits per heavy atom. The molecular formula is C33H39NO5S2. The third kappa shape index (κ3) is 6.55. The van der Waals surface area contributed by atoms with Gasteiger partial charge in [-0.1, -0.05) is 63.2 Å². The Morgan fingerprint density at radius 3 is 2.07 bits per heavy atom. The Labute approximate surface area is 244 Å². The van der Waals surface area contributed by atoms with Crippen LogP contribution >= 0.6 is 0 Å². The molecule has 2 atom stereocenters. The normalized spacial score (nSPS) is 14.6. The van der Waals surface area contributed by atoms with Crippen LogP contribution in [-0.4, -0.2) is 45.5 Å². The quantitative estimate of drug-likeness (QED) is 0.257. The van der Waals surface area contributed by atoms with Gasteiger partial charge in [0.05, 0.1) is 21.3 Å². The van der Waals surface area contributed by atoms with E-state index in [4.69, 9.17) is 0 Å². The molecule has 0 aliphatic heterocycles. The van der Waals surface area contributed by atoms with Crippen molar-refractivity contribution in [1.82, 2.24) is 4.98 Å². The van der Waals surface area contributed by atoms with E-state index in [0.29, 0.717) is 12.0 Å². The number of aromatic nitrogens is 1. The Balaban J connectivity index is 1.82. The molecule has 0 aliphatic rings. The van der Waals surface area contributed by atoms with Crippen molar-refractivity contribution >= 4 is 30.6 Å². The lowest BCUT2D eigenvalue weighted by Gasteiger charge is -2.34. The van der Waals surface area contributed by atoms with Crippen LogP contribution in [0.2, 0.25) is 0 Å². The summed E-state index contributed by atoms with van der Waals surface area (Å²) in [6.45, 7) is 9.39. The summed E-state index contributed by atoms with van der Waals surface area (Å²) in [4.78, 5) is 4.87. The van der Waals surface area contributed by atoms with Crippen molar-refractivity contribution in [2.24, 2.45) is 5.41 Å². The minimum Gasteiger partial charge on any atom is -0.392 e. The van der Waals surface area contributed by atoms with Gasteiger partial charge in [-0.3, -0.25) is 4.98 Å². The van der Waals surface area contributed by atoms with E-state index in [2.05, 4.69) is 11.1 Å². The molecule has 2 unspecified atom stereocenters. The number of hydrogen-bond acceptors (Lipinski definition) is 6. The van der Waals surface area contributed by atoms with E-state index in [1.54, 1.807) is 44.3 Å². The topological polar surface area (TPSA) is 101 Å². The molecule has 8 heteroatoms. The zero-order valence-corrected chi connectivity index (χ0v) is 26.3. The van der Waals surface area contributed by atoms with Gasteiger partial charge in [0, 0.05) is 35.6 Å². The number of rotatable bonds is 8. The Morgan fingerprint density at radius 1 is 0.829 bits per heavy atom. The van der Waals surface area contributed by atoms with E-state index in [0.717, 1.165) is 33.2 Å². The maximum absolute atomic E-state index is 12.7. The number of benzene rings is 3. The highest BCUT2D eigenvalue weighted by Gasteiger charge is 2.34. The average molecular weight is 594 g/mol. The second-order valence-corrected chi connectivity index (χ2v) is 17.1. The standard InChI is InChI=1S/C33H39NO5S2/c1-32(2,3)31(35)29(23-13-15-27(16-14-23)40(6,36)37)19-22-10-8-11-24(18-22)28-21-26(33(4,5)41(7,38)39)20-25-12-9-17-34-30(25)28/h8-18,20-21,29,31,35H,19H2,1-7H3. The molecule has 4 rings (SSSR count). The zero-order chi connectivity index (χ0) is 30.4. The molecule has 0 amide bonds. The summed E-state index contributed by atoms with van der Waals surface area (Å²) < 4.78 is 48.3. The Kier molecular flexibility index (Phi) is 8.26. The van der Waals surface area contributed by atoms with Crippen LogP contribution in [0.5, 0.6) is 0 Å². The molecule has 0 saturated carbocycles. The van der Waals surface area contributed by atoms with Gasteiger partial charge in [-0.25, -0.2) is 16.8 Å². The second kappa shape index (κ2) is 11.0. The second-order valence-electron chi connectivity index (χ2n) is 12.5. The lowest BCUT2D eigenvalue weighted by atomic mass is 9.75. The molecule has 4 aromatic rings. The van der Waals surface area contributed by atoms with Crippen LogP contribution in [-0.2, 0) is 30.8 Å². The fourth-order valence-electron chi connectivity index (χ4n) is 5.07. The first-order valence-corrected chi connectivity index (χ1v) is 17.3. The lowest BCUT2D eigenvalue weighted by Crippen LogP contribution is -2.33. The number of aliphatic hydroxyl groups is 1. The number of nitrogens with zero attached hydrogens (tertiary/aromatic N) is 1. The summed E-state index contributed by atoms with van der Waals surface area (Å²) in [7, 11) is -6.74. The summed E-state index contributed by atoms with van der Waals surface area (Å²) >= 11 is 0. The highest BCUT2D eigenvalue weighted by molar-refractivity contribution is 7.91. The fraction of sp³-hybridized carbons (Fsp3) is 0.364. The van der Waals surface area contributed by atoms with Gasteiger partial charge < -0.3 is 5.11 Å². The first kappa shape index (κ1) is 30.9. The predicted octanol–water partition coefficient (Wildman–Crippen LogP) is 6.32. The van der Waals surface area contributed by atoms with Crippen LogP contribution < -0.4 is 0 Å². The van der Waals surface area contributed by atoms with Gasteiger partial charge in [0.15, 0.2) is 19.7 Å². The third-order valence-corrected chi connectivity index (χ3v) is 11.2. The highest BCUT2D eigenvalue weighted by Crippen LogP contribution is 2.38. The summed E-state index contributed by atoms with van der Waals surface area (Å²) in [5.74, 6) is -0.288. The van der Waals surface area contributed by atoms with Crippen LogP contribution in [0.1, 0.15) is 57.2 Å². The van der Waals surface area contributed by atoms with E-state index in [1.165, 1.54) is 12.5 Å². The maximum atomic E-state index is 12.7. The van der Waals surface area contributed by atoms with E-state index in [9.17, 15) is 21.9 Å². The van der Waals surface area contributed by atoms with Gasteiger partial charge in [0.1, 0.15) is 0 Å². The third-order valence-electron chi connectivity index (χ3n) is 8.03. The Bertz CT molecular complexity index is 1790. The van der Waals surface area contributed by atoms with Crippen molar-refractivity contribution in [2.45, 2.75) is 62.7 Å². The molecule has 0 fully saturated rings. The molecule has 218 valence electrons. The highest BCUT2D eigenvalue weighted by atomic mass is 32.2. The van der Waals surface area contributed by atoms with Crippen molar-refractivity contribution in [3.8, 4) is 11.1 Å². The molecule has 1 heterocycles. The molecule has 41 heavy (non-hydrogen) atoms. The number of sulfone groups is 2. The van der Waals surface area contributed by atoms with Gasteiger partial charge >= 0.3 is 0 Å².